The van der Waals surface area contributed by atoms with Gasteiger partial charge in [-0.3, -0.25) is 4.79 Å². The molecule has 2 N–H and O–H groups in total. The van der Waals surface area contributed by atoms with Crippen LogP contribution in [0.2, 0.25) is 0 Å². The molecule has 1 aromatic carbocycles. The first-order valence-electron chi connectivity index (χ1n) is 7.22. The second-order valence-electron chi connectivity index (χ2n) is 6.23. The summed E-state index contributed by atoms with van der Waals surface area (Å²) in [6.07, 6.45) is 0. The molecule has 0 bridgehead atoms. The van der Waals surface area contributed by atoms with E-state index in [1.807, 2.05) is 12.1 Å². The molecule has 0 spiro atoms. The Balaban J connectivity index is 1.93. The number of aromatic nitrogens is 3. The molecule has 0 fully saturated rings. The summed E-state index contributed by atoms with van der Waals surface area (Å²) in [7, 11) is 0. The number of ether oxygens (including phenoxy) is 1. The van der Waals surface area contributed by atoms with Crippen molar-refractivity contribution in [1.29, 1.82) is 0 Å². The van der Waals surface area contributed by atoms with Crippen molar-refractivity contribution in [1.82, 2.24) is 15.0 Å². The van der Waals surface area contributed by atoms with E-state index in [0.29, 0.717) is 18.8 Å². The van der Waals surface area contributed by atoms with Gasteiger partial charge in [0.05, 0.1) is 12.2 Å². The second-order valence-corrected chi connectivity index (χ2v) is 6.23. The van der Waals surface area contributed by atoms with E-state index < -0.39 is 5.91 Å². The van der Waals surface area contributed by atoms with E-state index in [9.17, 15) is 4.79 Å². The van der Waals surface area contributed by atoms with Gasteiger partial charge in [-0.05, 0) is 30.0 Å². The molecule has 6 nitrogen and oxygen atoms in total. The molecule has 0 unspecified atom stereocenters. The molecule has 0 aliphatic heterocycles. The lowest BCUT2D eigenvalue weighted by Gasteiger charge is -2.19. The molecule has 0 aliphatic carbocycles. The van der Waals surface area contributed by atoms with Gasteiger partial charge in [-0.1, -0.05) is 38.1 Å². The Labute approximate surface area is 130 Å². The lowest BCUT2D eigenvalue weighted by Crippen LogP contribution is -2.15. The average molecular weight is 302 g/mol. The highest BCUT2D eigenvalue weighted by Crippen LogP contribution is 2.24. The number of benzene rings is 1. The summed E-state index contributed by atoms with van der Waals surface area (Å²) in [5, 5.41) is 7.66. The molecule has 1 heterocycles. The van der Waals surface area contributed by atoms with Crippen molar-refractivity contribution in [3.05, 3.63) is 41.2 Å². The molecule has 0 saturated heterocycles. The van der Waals surface area contributed by atoms with E-state index in [2.05, 4.69) is 43.2 Å². The van der Waals surface area contributed by atoms with Gasteiger partial charge in [0, 0.05) is 0 Å². The van der Waals surface area contributed by atoms with E-state index in [4.69, 9.17) is 10.5 Å². The van der Waals surface area contributed by atoms with E-state index in [1.54, 1.807) is 11.6 Å². The first-order chi connectivity index (χ1) is 10.3. The lowest BCUT2D eigenvalue weighted by atomic mass is 9.87. The minimum atomic E-state index is -0.567. The van der Waals surface area contributed by atoms with Crippen LogP contribution in [0.3, 0.4) is 0 Å². The zero-order valence-electron chi connectivity index (χ0n) is 13.5. The van der Waals surface area contributed by atoms with Crippen LogP contribution in [0.1, 0.15) is 42.5 Å². The van der Waals surface area contributed by atoms with E-state index in [1.165, 1.54) is 5.56 Å². The quantitative estimate of drug-likeness (QED) is 0.916. The Bertz CT molecular complexity index is 654. The SMILES string of the molecule is Cc1c(C(N)=O)nnn1CCOc1ccc(C(C)(C)C)cc1. The van der Waals surface area contributed by atoms with Crippen LogP contribution in [0.25, 0.3) is 0 Å². The summed E-state index contributed by atoms with van der Waals surface area (Å²) in [5.74, 6) is 0.239. The number of nitrogens with two attached hydrogens (primary N) is 1. The molecule has 118 valence electrons. The number of carbonyl (C=O) groups is 1. The van der Waals surface area contributed by atoms with Gasteiger partial charge in [0.2, 0.25) is 0 Å². The number of rotatable bonds is 5. The van der Waals surface area contributed by atoms with Crippen LogP contribution in [-0.4, -0.2) is 27.5 Å². The fourth-order valence-electron chi connectivity index (χ4n) is 2.10. The molecule has 1 aromatic heterocycles. The van der Waals surface area contributed by atoms with Crippen molar-refractivity contribution in [2.75, 3.05) is 6.61 Å². The average Bonchev–Trinajstić information content (AvgIpc) is 2.80. The molecule has 6 heteroatoms. The van der Waals surface area contributed by atoms with Crippen LogP contribution in [-0.2, 0) is 12.0 Å². The fourth-order valence-corrected chi connectivity index (χ4v) is 2.10. The van der Waals surface area contributed by atoms with Crippen LogP contribution >= 0.6 is 0 Å². The smallest absolute Gasteiger partial charge is 0.271 e. The Hall–Kier alpha value is -2.37. The zero-order valence-corrected chi connectivity index (χ0v) is 13.5. The van der Waals surface area contributed by atoms with Crippen LogP contribution < -0.4 is 10.5 Å². The van der Waals surface area contributed by atoms with Crippen LogP contribution in [0, 0.1) is 6.92 Å². The van der Waals surface area contributed by atoms with Gasteiger partial charge in [0.1, 0.15) is 12.4 Å². The molecule has 0 aliphatic rings. The molecule has 0 saturated carbocycles. The predicted octanol–water partition coefficient (Wildman–Crippen LogP) is 2.06. The Kier molecular flexibility index (Phi) is 4.49. The van der Waals surface area contributed by atoms with Crippen LogP contribution in [0.4, 0.5) is 0 Å². The number of hydrogen-bond acceptors (Lipinski definition) is 4. The van der Waals surface area contributed by atoms with Crippen molar-refractivity contribution >= 4 is 5.91 Å². The number of hydrogen-bond donors (Lipinski definition) is 1. The Morgan fingerprint density at radius 2 is 1.91 bits per heavy atom. The molecule has 0 radical (unpaired) electrons. The highest BCUT2D eigenvalue weighted by atomic mass is 16.5. The van der Waals surface area contributed by atoms with E-state index >= 15 is 0 Å². The van der Waals surface area contributed by atoms with Gasteiger partial charge in [-0.15, -0.1) is 5.10 Å². The highest BCUT2D eigenvalue weighted by molar-refractivity contribution is 5.91. The Morgan fingerprint density at radius 1 is 1.27 bits per heavy atom. The summed E-state index contributed by atoms with van der Waals surface area (Å²) in [6.45, 7) is 9.23. The van der Waals surface area contributed by atoms with Gasteiger partial charge in [0.25, 0.3) is 5.91 Å². The van der Waals surface area contributed by atoms with Crippen molar-refractivity contribution in [2.45, 2.75) is 39.7 Å². The van der Waals surface area contributed by atoms with Gasteiger partial charge in [-0.25, -0.2) is 4.68 Å². The van der Waals surface area contributed by atoms with Gasteiger partial charge >= 0.3 is 0 Å². The standard InChI is InChI=1S/C16H22N4O2/c1-11-14(15(17)21)18-19-20(11)9-10-22-13-7-5-12(6-8-13)16(2,3)4/h5-8H,9-10H2,1-4H3,(H2,17,21). The Morgan fingerprint density at radius 3 is 2.41 bits per heavy atom. The minimum absolute atomic E-state index is 0.127. The largest absolute Gasteiger partial charge is 0.492 e. The molecule has 0 atom stereocenters. The topological polar surface area (TPSA) is 83.0 Å². The predicted molar refractivity (Wildman–Crippen MR) is 83.9 cm³/mol. The summed E-state index contributed by atoms with van der Waals surface area (Å²) < 4.78 is 7.31. The summed E-state index contributed by atoms with van der Waals surface area (Å²) in [5.41, 5.74) is 7.45. The molecule has 2 rings (SSSR count). The highest BCUT2D eigenvalue weighted by Gasteiger charge is 2.14. The summed E-state index contributed by atoms with van der Waals surface area (Å²) >= 11 is 0. The zero-order chi connectivity index (χ0) is 16.3. The summed E-state index contributed by atoms with van der Waals surface area (Å²) in [6, 6.07) is 8.07. The van der Waals surface area contributed by atoms with Crippen LogP contribution in [0.5, 0.6) is 5.75 Å². The van der Waals surface area contributed by atoms with Crippen molar-refractivity contribution in [3.63, 3.8) is 0 Å². The third-order valence-electron chi connectivity index (χ3n) is 3.51. The maximum atomic E-state index is 11.1. The van der Waals surface area contributed by atoms with Crippen LogP contribution in [0.15, 0.2) is 24.3 Å². The third kappa shape index (κ3) is 3.63. The third-order valence-corrected chi connectivity index (χ3v) is 3.51. The van der Waals surface area contributed by atoms with Crippen molar-refractivity contribution in [2.24, 2.45) is 5.73 Å². The molecular formula is C16H22N4O2. The van der Waals surface area contributed by atoms with E-state index in [-0.39, 0.29) is 11.1 Å². The molecule has 2 aromatic rings. The van der Waals surface area contributed by atoms with Gasteiger partial charge < -0.3 is 10.5 Å². The molecular weight excluding hydrogens is 280 g/mol. The lowest BCUT2D eigenvalue weighted by molar-refractivity contribution is 0.0995. The van der Waals surface area contributed by atoms with Gasteiger partial charge in [-0.2, -0.15) is 0 Å². The first-order valence-corrected chi connectivity index (χ1v) is 7.22. The fraction of sp³-hybridized carbons (Fsp3) is 0.438. The monoisotopic (exact) mass is 302 g/mol. The first kappa shape index (κ1) is 16.0. The number of primary amides is 1. The van der Waals surface area contributed by atoms with Gasteiger partial charge in [0.15, 0.2) is 5.69 Å². The molecule has 1 amide bonds. The van der Waals surface area contributed by atoms with Crippen molar-refractivity contribution in [3.8, 4) is 5.75 Å². The maximum Gasteiger partial charge on any atom is 0.271 e. The second kappa shape index (κ2) is 6.17. The number of nitrogens with zero attached hydrogens (tertiary/aromatic N) is 3. The number of carbonyl (C=O) groups excluding carboxylic acids is 1. The number of amides is 1. The van der Waals surface area contributed by atoms with E-state index in [0.717, 1.165) is 5.75 Å². The maximum absolute atomic E-state index is 11.1. The minimum Gasteiger partial charge on any atom is -0.492 e. The summed E-state index contributed by atoms with van der Waals surface area (Å²) in [4.78, 5) is 11.1. The van der Waals surface area contributed by atoms with Crippen molar-refractivity contribution < 1.29 is 9.53 Å². The molecule has 22 heavy (non-hydrogen) atoms. The normalized spacial score (nSPS) is 11.5.